The minimum absolute atomic E-state index is 0.0212. The van der Waals surface area contributed by atoms with Gasteiger partial charge in [-0.2, -0.15) is 0 Å². The predicted octanol–water partition coefficient (Wildman–Crippen LogP) is 1.76. The second-order valence-electron chi connectivity index (χ2n) is 5.48. The Hall–Kier alpha value is -1.10. The van der Waals surface area contributed by atoms with E-state index in [4.69, 9.17) is 10.8 Å². The molecule has 0 unspecified atom stereocenters. The van der Waals surface area contributed by atoms with E-state index in [2.05, 4.69) is 19.2 Å². The molecule has 0 aromatic rings. The van der Waals surface area contributed by atoms with Gasteiger partial charge in [0, 0.05) is 13.0 Å². The fourth-order valence-corrected chi connectivity index (χ4v) is 2.13. The molecule has 0 bridgehead atoms. The Morgan fingerprint density at radius 2 is 1.95 bits per heavy atom. The average Bonchev–Trinajstić information content (AvgIpc) is 2.32. The van der Waals surface area contributed by atoms with Crippen molar-refractivity contribution in [1.29, 1.82) is 0 Å². The Morgan fingerprint density at radius 1 is 1.32 bits per heavy atom. The first-order chi connectivity index (χ1) is 8.86. The molecule has 0 aromatic heterocycles. The fraction of sp³-hybridized carbons (Fsp3) is 0.857. The van der Waals surface area contributed by atoms with Crippen molar-refractivity contribution in [3.05, 3.63) is 0 Å². The number of carboxylic acids is 1. The van der Waals surface area contributed by atoms with Crippen molar-refractivity contribution in [3.63, 3.8) is 0 Å². The summed E-state index contributed by atoms with van der Waals surface area (Å²) in [5.41, 5.74) is 5.46. The number of carbonyl (C=O) groups excluding carboxylic acids is 1. The zero-order valence-corrected chi connectivity index (χ0v) is 12.3. The van der Waals surface area contributed by atoms with Crippen LogP contribution in [0.15, 0.2) is 0 Å². The lowest BCUT2D eigenvalue weighted by atomic mass is 9.90. The Balaban J connectivity index is 4.22. The molecule has 4 N–H and O–H groups in total. The summed E-state index contributed by atoms with van der Waals surface area (Å²) in [6.07, 6.45) is 4.33. The van der Waals surface area contributed by atoms with E-state index < -0.39 is 12.0 Å². The zero-order valence-electron chi connectivity index (χ0n) is 12.3. The van der Waals surface area contributed by atoms with Gasteiger partial charge in [-0.25, -0.2) is 0 Å². The van der Waals surface area contributed by atoms with E-state index in [0.29, 0.717) is 12.5 Å². The molecule has 0 spiro atoms. The lowest BCUT2D eigenvalue weighted by molar-refractivity contribution is -0.138. The van der Waals surface area contributed by atoms with Crippen LogP contribution in [-0.2, 0) is 9.59 Å². The number of aliphatic carboxylic acids is 1. The van der Waals surface area contributed by atoms with Crippen LogP contribution in [0.5, 0.6) is 0 Å². The third-order valence-corrected chi connectivity index (χ3v) is 3.23. The molecule has 0 aliphatic heterocycles. The number of carbonyl (C=O) groups is 2. The highest BCUT2D eigenvalue weighted by Gasteiger charge is 2.18. The smallest absolute Gasteiger partial charge is 0.303 e. The van der Waals surface area contributed by atoms with Gasteiger partial charge in [0.15, 0.2) is 0 Å². The third-order valence-electron chi connectivity index (χ3n) is 3.23. The molecule has 19 heavy (non-hydrogen) atoms. The molecule has 1 amide bonds. The largest absolute Gasteiger partial charge is 0.481 e. The molecule has 0 saturated carbocycles. The molecule has 0 aliphatic carbocycles. The van der Waals surface area contributed by atoms with Gasteiger partial charge in [0.1, 0.15) is 0 Å². The first-order valence-corrected chi connectivity index (χ1v) is 7.11. The normalized spacial score (nSPS) is 15.6. The second kappa shape index (κ2) is 9.78. The molecule has 0 aliphatic rings. The summed E-state index contributed by atoms with van der Waals surface area (Å²) in [5, 5.41) is 11.6. The molecular weight excluding hydrogens is 244 g/mol. The van der Waals surface area contributed by atoms with E-state index >= 15 is 0 Å². The van der Waals surface area contributed by atoms with Crippen LogP contribution in [-0.4, -0.2) is 29.6 Å². The number of unbranched alkanes of at least 4 members (excludes halogenated alkanes) is 1. The topological polar surface area (TPSA) is 92.4 Å². The monoisotopic (exact) mass is 272 g/mol. The van der Waals surface area contributed by atoms with Crippen molar-refractivity contribution < 1.29 is 14.7 Å². The van der Waals surface area contributed by atoms with Crippen LogP contribution in [0.3, 0.4) is 0 Å². The van der Waals surface area contributed by atoms with Crippen molar-refractivity contribution in [1.82, 2.24) is 5.32 Å². The van der Waals surface area contributed by atoms with Gasteiger partial charge in [-0.1, -0.05) is 33.1 Å². The van der Waals surface area contributed by atoms with Gasteiger partial charge < -0.3 is 16.2 Å². The van der Waals surface area contributed by atoms with E-state index in [1.807, 2.05) is 0 Å². The van der Waals surface area contributed by atoms with Crippen molar-refractivity contribution in [3.8, 4) is 0 Å². The average molecular weight is 272 g/mol. The number of rotatable bonds is 10. The summed E-state index contributed by atoms with van der Waals surface area (Å²) in [6, 6.07) is -0.553. The Morgan fingerprint density at radius 3 is 2.42 bits per heavy atom. The van der Waals surface area contributed by atoms with Gasteiger partial charge in [-0.05, 0) is 25.2 Å². The molecule has 0 radical (unpaired) electrons. The SMILES string of the molecule is CCCC[C@@H](C)C[C@H](CNC(=O)[C@H](C)N)CC(=O)O. The standard InChI is InChI=1S/C14H28N2O3/c1-4-5-6-10(2)7-12(8-13(17)18)9-16-14(19)11(3)15/h10-12H,4-9,15H2,1-3H3,(H,16,19)(H,17,18)/t10-,11+,12+/m1/s1. The van der Waals surface area contributed by atoms with Gasteiger partial charge in [0.2, 0.25) is 5.91 Å². The minimum Gasteiger partial charge on any atom is -0.481 e. The van der Waals surface area contributed by atoms with E-state index in [9.17, 15) is 9.59 Å². The quantitative estimate of drug-likeness (QED) is 0.565. The number of amides is 1. The molecule has 0 heterocycles. The van der Waals surface area contributed by atoms with Gasteiger partial charge in [0.25, 0.3) is 0 Å². The first-order valence-electron chi connectivity index (χ1n) is 7.11. The molecule has 0 rings (SSSR count). The fourth-order valence-electron chi connectivity index (χ4n) is 2.13. The maximum Gasteiger partial charge on any atom is 0.303 e. The van der Waals surface area contributed by atoms with Crippen molar-refractivity contribution in [2.75, 3.05) is 6.54 Å². The van der Waals surface area contributed by atoms with Gasteiger partial charge >= 0.3 is 5.97 Å². The maximum absolute atomic E-state index is 11.4. The van der Waals surface area contributed by atoms with Crippen LogP contribution in [0.2, 0.25) is 0 Å². The van der Waals surface area contributed by atoms with Crippen LogP contribution >= 0.6 is 0 Å². The lowest BCUT2D eigenvalue weighted by Crippen LogP contribution is -2.41. The minimum atomic E-state index is -0.817. The lowest BCUT2D eigenvalue weighted by Gasteiger charge is -2.20. The third kappa shape index (κ3) is 9.47. The van der Waals surface area contributed by atoms with Crippen molar-refractivity contribution in [2.24, 2.45) is 17.6 Å². The van der Waals surface area contributed by atoms with Crippen LogP contribution in [0.1, 0.15) is 52.9 Å². The summed E-state index contributed by atoms with van der Waals surface area (Å²) in [5.74, 6) is -0.581. The Kier molecular flexibility index (Phi) is 9.21. The Labute approximate surface area is 115 Å². The molecule has 112 valence electrons. The van der Waals surface area contributed by atoms with Crippen molar-refractivity contribution >= 4 is 11.9 Å². The molecule has 3 atom stereocenters. The molecule has 5 heteroatoms. The van der Waals surface area contributed by atoms with Gasteiger partial charge in [-0.3, -0.25) is 9.59 Å². The molecular formula is C14H28N2O3. The van der Waals surface area contributed by atoms with Crippen LogP contribution in [0.4, 0.5) is 0 Å². The summed E-state index contributed by atoms with van der Waals surface area (Å²) in [6.45, 7) is 6.29. The Bertz CT molecular complexity index is 280. The molecule has 0 aromatic carbocycles. The van der Waals surface area contributed by atoms with Gasteiger partial charge in [-0.15, -0.1) is 0 Å². The first kappa shape index (κ1) is 17.9. The molecule has 5 nitrogen and oxygen atoms in total. The summed E-state index contributed by atoms with van der Waals surface area (Å²) >= 11 is 0. The van der Waals surface area contributed by atoms with Crippen LogP contribution in [0, 0.1) is 11.8 Å². The van der Waals surface area contributed by atoms with Crippen LogP contribution in [0.25, 0.3) is 0 Å². The highest BCUT2D eigenvalue weighted by molar-refractivity contribution is 5.81. The van der Waals surface area contributed by atoms with E-state index in [-0.39, 0.29) is 18.2 Å². The predicted molar refractivity (Wildman–Crippen MR) is 75.7 cm³/mol. The van der Waals surface area contributed by atoms with E-state index in [1.165, 1.54) is 0 Å². The summed E-state index contributed by atoms with van der Waals surface area (Å²) in [4.78, 5) is 22.3. The molecule has 0 saturated heterocycles. The number of nitrogens with two attached hydrogens (primary N) is 1. The summed E-state index contributed by atoms with van der Waals surface area (Å²) < 4.78 is 0. The molecule has 0 fully saturated rings. The van der Waals surface area contributed by atoms with E-state index in [1.54, 1.807) is 6.92 Å². The number of carboxylic acid groups (broad SMARTS) is 1. The number of hydrogen-bond acceptors (Lipinski definition) is 3. The highest BCUT2D eigenvalue weighted by Crippen LogP contribution is 2.20. The van der Waals surface area contributed by atoms with E-state index in [0.717, 1.165) is 25.7 Å². The maximum atomic E-state index is 11.4. The van der Waals surface area contributed by atoms with Crippen molar-refractivity contribution in [2.45, 2.75) is 58.9 Å². The van der Waals surface area contributed by atoms with Gasteiger partial charge in [0.05, 0.1) is 6.04 Å². The number of hydrogen-bond donors (Lipinski definition) is 3. The zero-order chi connectivity index (χ0) is 14.8. The van der Waals surface area contributed by atoms with Crippen LogP contribution < -0.4 is 11.1 Å². The summed E-state index contributed by atoms with van der Waals surface area (Å²) in [7, 11) is 0. The second-order valence-corrected chi connectivity index (χ2v) is 5.48. The number of nitrogens with one attached hydrogen (secondary N) is 1. The highest BCUT2D eigenvalue weighted by atomic mass is 16.4.